The molecule has 0 bridgehead atoms. The van der Waals surface area contributed by atoms with Gasteiger partial charge in [0, 0.05) is 35.5 Å². The van der Waals surface area contributed by atoms with Gasteiger partial charge in [0.15, 0.2) is 5.50 Å². The van der Waals surface area contributed by atoms with Crippen LogP contribution in [0.5, 0.6) is 0 Å². The van der Waals surface area contributed by atoms with Gasteiger partial charge in [0.2, 0.25) is 0 Å². The Labute approximate surface area is 218 Å². The summed E-state index contributed by atoms with van der Waals surface area (Å²) in [5.41, 5.74) is 1.09. The molecule has 186 valence electrons. The molecule has 1 amide bonds. The number of hydrogen-bond acceptors (Lipinski definition) is 6. The van der Waals surface area contributed by atoms with E-state index in [1.807, 2.05) is 35.2 Å². The lowest BCUT2D eigenvalue weighted by Gasteiger charge is -2.39. The SMILES string of the molecule is C[C@@H]1CCCC[C@H]1N1C(=O)/C(=C/c2ccc(-c3cc([N+](=O)[O-])ccc3Cl)o2)SC1Nc1ccccc1. The van der Waals surface area contributed by atoms with Crippen LogP contribution in [-0.4, -0.2) is 27.3 Å². The van der Waals surface area contributed by atoms with E-state index in [1.165, 1.54) is 36.4 Å². The Hall–Kier alpha value is -3.23. The standard InChI is InChI=1S/C27H26ClN3O4S/c1-17-7-5-6-10-23(17)30-26(32)25(36-27(30)29-18-8-3-2-4-9-18)16-20-12-14-24(35-20)21-15-19(31(33)34)11-13-22(21)28/h2-4,8-9,11-17,23,27,29H,5-7,10H2,1H3/b25-16-/t17-,23-,27?/m1/s1. The molecular weight excluding hydrogens is 498 g/mol. The van der Waals surface area contributed by atoms with E-state index in [4.69, 9.17) is 16.0 Å². The molecule has 2 aliphatic rings. The van der Waals surface area contributed by atoms with Gasteiger partial charge in [0.05, 0.1) is 14.9 Å². The van der Waals surface area contributed by atoms with Crippen LogP contribution in [0.15, 0.2) is 70.0 Å². The number of non-ortho nitro benzene ring substituents is 1. The first-order valence-corrected chi connectivity index (χ1v) is 13.2. The van der Waals surface area contributed by atoms with Crippen molar-refractivity contribution in [2.75, 3.05) is 5.32 Å². The van der Waals surface area contributed by atoms with E-state index in [0.29, 0.717) is 32.9 Å². The molecule has 0 radical (unpaired) electrons. The van der Waals surface area contributed by atoms with Gasteiger partial charge in [-0.05, 0) is 49.1 Å². The third kappa shape index (κ3) is 5.01. The molecule has 2 fully saturated rings. The number of anilines is 1. The third-order valence-corrected chi connectivity index (χ3v) is 8.19. The van der Waals surface area contributed by atoms with Gasteiger partial charge in [-0.15, -0.1) is 0 Å². The van der Waals surface area contributed by atoms with E-state index in [2.05, 4.69) is 12.2 Å². The zero-order valence-corrected chi connectivity index (χ0v) is 21.3. The minimum atomic E-state index is -0.472. The summed E-state index contributed by atoms with van der Waals surface area (Å²) in [4.78, 5) is 27.0. The molecule has 9 heteroatoms. The lowest BCUT2D eigenvalue weighted by molar-refractivity contribution is -0.384. The first kappa shape index (κ1) is 24.5. The number of benzene rings is 2. The average Bonchev–Trinajstić information content (AvgIpc) is 3.45. The molecule has 7 nitrogen and oxygen atoms in total. The summed E-state index contributed by atoms with van der Waals surface area (Å²) in [6.45, 7) is 2.23. The van der Waals surface area contributed by atoms with Gasteiger partial charge in [0.25, 0.3) is 11.6 Å². The predicted octanol–water partition coefficient (Wildman–Crippen LogP) is 7.40. The third-order valence-electron chi connectivity index (χ3n) is 6.75. The molecule has 3 atom stereocenters. The summed E-state index contributed by atoms with van der Waals surface area (Å²) in [6, 6.07) is 17.7. The monoisotopic (exact) mass is 523 g/mol. The number of nitro groups is 1. The predicted molar refractivity (Wildman–Crippen MR) is 143 cm³/mol. The Balaban J connectivity index is 1.44. The van der Waals surface area contributed by atoms with Crippen LogP contribution in [0.4, 0.5) is 11.4 Å². The zero-order valence-electron chi connectivity index (χ0n) is 19.7. The minimum Gasteiger partial charge on any atom is -0.457 e. The molecule has 0 spiro atoms. The molecule has 2 aromatic carbocycles. The summed E-state index contributed by atoms with van der Waals surface area (Å²) in [6.07, 6.45) is 6.16. The summed E-state index contributed by atoms with van der Waals surface area (Å²) in [5.74, 6) is 1.30. The number of hydrogen-bond donors (Lipinski definition) is 1. The van der Waals surface area contributed by atoms with Gasteiger partial charge < -0.3 is 14.6 Å². The Kier molecular flexibility index (Phi) is 7.07. The largest absolute Gasteiger partial charge is 0.457 e. The van der Waals surface area contributed by atoms with Crippen molar-refractivity contribution in [1.29, 1.82) is 0 Å². The second kappa shape index (κ2) is 10.4. The molecule has 1 unspecified atom stereocenters. The van der Waals surface area contributed by atoms with Gasteiger partial charge in [-0.25, -0.2) is 0 Å². The van der Waals surface area contributed by atoms with E-state index < -0.39 is 4.92 Å². The van der Waals surface area contributed by atoms with Crippen molar-refractivity contribution in [3.63, 3.8) is 0 Å². The van der Waals surface area contributed by atoms with Crippen molar-refractivity contribution in [1.82, 2.24) is 4.90 Å². The van der Waals surface area contributed by atoms with E-state index in [1.54, 1.807) is 18.2 Å². The minimum absolute atomic E-state index is 0.0153. The Bertz CT molecular complexity index is 1310. The highest BCUT2D eigenvalue weighted by Gasteiger charge is 2.43. The average molecular weight is 524 g/mol. The maximum absolute atomic E-state index is 13.7. The molecule has 1 aliphatic carbocycles. The van der Waals surface area contributed by atoms with Gasteiger partial charge in [-0.3, -0.25) is 14.9 Å². The van der Waals surface area contributed by atoms with Crippen LogP contribution < -0.4 is 5.32 Å². The molecule has 1 saturated heterocycles. The number of carbonyl (C=O) groups is 1. The molecule has 1 aromatic heterocycles. The Morgan fingerprint density at radius 1 is 1.14 bits per heavy atom. The van der Waals surface area contributed by atoms with Crippen LogP contribution >= 0.6 is 23.4 Å². The van der Waals surface area contributed by atoms with Crippen LogP contribution in [0.25, 0.3) is 17.4 Å². The topological polar surface area (TPSA) is 88.6 Å². The van der Waals surface area contributed by atoms with Crippen molar-refractivity contribution < 1.29 is 14.1 Å². The molecule has 1 N–H and O–H groups in total. The van der Waals surface area contributed by atoms with Crippen molar-refractivity contribution in [2.45, 2.75) is 44.1 Å². The van der Waals surface area contributed by atoms with Gasteiger partial charge in [-0.1, -0.05) is 61.3 Å². The number of nitrogens with zero attached hydrogens (tertiary/aromatic N) is 2. The van der Waals surface area contributed by atoms with Gasteiger partial charge >= 0.3 is 0 Å². The fourth-order valence-corrected chi connectivity index (χ4v) is 6.29. The molecule has 3 aromatic rings. The van der Waals surface area contributed by atoms with Crippen LogP contribution in [0.2, 0.25) is 5.02 Å². The molecule has 2 heterocycles. The first-order valence-electron chi connectivity index (χ1n) is 12.0. The molecule has 36 heavy (non-hydrogen) atoms. The maximum atomic E-state index is 13.7. The van der Waals surface area contributed by atoms with Crippen LogP contribution in [0.1, 0.15) is 38.4 Å². The normalized spacial score (nSPS) is 23.3. The summed E-state index contributed by atoms with van der Waals surface area (Å²) in [5, 5.41) is 15.1. The lowest BCUT2D eigenvalue weighted by Crippen LogP contribution is -2.48. The Morgan fingerprint density at radius 3 is 2.67 bits per heavy atom. The van der Waals surface area contributed by atoms with Crippen molar-refractivity contribution in [3.8, 4) is 11.3 Å². The van der Waals surface area contributed by atoms with Crippen molar-refractivity contribution in [2.24, 2.45) is 5.92 Å². The van der Waals surface area contributed by atoms with Gasteiger partial charge in [-0.2, -0.15) is 0 Å². The summed E-state index contributed by atoms with van der Waals surface area (Å²) < 4.78 is 5.96. The second-order valence-electron chi connectivity index (χ2n) is 9.15. The van der Waals surface area contributed by atoms with E-state index in [0.717, 1.165) is 24.9 Å². The first-order chi connectivity index (χ1) is 17.4. The highest BCUT2D eigenvalue weighted by Crippen LogP contribution is 2.42. The molecule has 1 saturated carbocycles. The van der Waals surface area contributed by atoms with Crippen LogP contribution in [-0.2, 0) is 4.79 Å². The summed E-state index contributed by atoms with van der Waals surface area (Å²) >= 11 is 7.76. The van der Waals surface area contributed by atoms with Crippen LogP contribution in [0.3, 0.4) is 0 Å². The number of amides is 1. The molecule has 5 rings (SSSR count). The zero-order chi connectivity index (χ0) is 25.2. The van der Waals surface area contributed by atoms with Gasteiger partial charge in [0.1, 0.15) is 11.5 Å². The number of nitrogens with one attached hydrogen (secondary N) is 1. The molecule has 1 aliphatic heterocycles. The Morgan fingerprint density at radius 2 is 1.92 bits per heavy atom. The lowest BCUT2D eigenvalue weighted by atomic mass is 9.85. The highest BCUT2D eigenvalue weighted by molar-refractivity contribution is 8.05. The van der Waals surface area contributed by atoms with E-state index >= 15 is 0 Å². The van der Waals surface area contributed by atoms with Crippen LogP contribution in [0, 0.1) is 16.0 Å². The quantitative estimate of drug-likeness (QED) is 0.206. The second-order valence-corrected chi connectivity index (χ2v) is 10.7. The number of para-hydroxylation sites is 1. The van der Waals surface area contributed by atoms with E-state index in [9.17, 15) is 14.9 Å². The smallest absolute Gasteiger partial charge is 0.270 e. The van der Waals surface area contributed by atoms with E-state index in [-0.39, 0.29) is 23.1 Å². The number of carbonyl (C=O) groups excluding carboxylic acids is 1. The number of thioether (sulfide) groups is 1. The number of rotatable bonds is 6. The van der Waals surface area contributed by atoms with Crippen molar-refractivity contribution >= 4 is 46.7 Å². The fraction of sp³-hybridized carbons (Fsp3) is 0.296. The van der Waals surface area contributed by atoms with Crippen molar-refractivity contribution in [3.05, 3.63) is 86.5 Å². The number of nitro benzene ring substituents is 1. The molecular formula is C27H26ClN3O4S. The number of halogens is 1. The summed E-state index contributed by atoms with van der Waals surface area (Å²) in [7, 11) is 0. The fourth-order valence-electron chi connectivity index (χ4n) is 4.89. The maximum Gasteiger partial charge on any atom is 0.270 e. The number of furan rings is 1. The highest BCUT2D eigenvalue weighted by atomic mass is 35.5.